The number of aryl methyl sites for hydroxylation is 1. The highest BCUT2D eigenvalue weighted by Crippen LogP contribution is 2.34. The Bertz CT molecular complexity index is 584. The lowest BCUT2D eigenvalue weighted by Crippen LogP contribution is -2.09. The third-order valence-corrected chi connectivity index (χ3v) is 3.56. The van der Waals surface area contributed by atoms with E-state index in [1.54, 1.807) is 0 Å². The Balaban J connectivity index is 0.000000253. The fourth-order valence-corrected chi connectivity index (χ4v) is 1.95. The first kappa shape index (κ1) is 19.8. The van der Waals surface area contributed by atoms with Crippen LogP contribution in [0.5, 0.6) is 0 Å². The molecule has 23 heavy (non-hydrogen) atoms. The molecule has 0 atom stereocenters. The van der Waals surface area contributed by atoms with E-state index in [4.69, 9.17) is 0 Å². The van der Waals surface area contributed by atoms with Crippen LogP contribution in [0.2, 0.25) is 0 Å². The van der Waals surface area contributed by atoms with Crippen molar-refractivity contribution in [2.24, 2.45) is 0 Å². The van der Waals surface area contributed by atoms with Gasteiger partial charge in [-0.25, -0.2) is 0 Å². The van der Waals surface area contributed by atoms with E-state index >= 15 is 0 Å². The van der Waals surface area contributed by atoms with E-state index in [0.717, 1.165) is 12.5 Å². The van der Waals surface area contributed by atoms with Crippen LogP contribution < -0.4 is 0 Å². The molecular formula is C16H13F6I. The topological polar surface area (TPSA) is 0 Å². The maximum atomic E-state index is 12.0. The van der Waals surface area contributed by atoms with Gasteiger partial charge in [0.25, 0.3) is 0 Å². The zero-order chi connectivity index (χ0) is 17.7. The van der Waals surface area contributed by atoms with Gasteiger partial charge >= 0.3 is 12.4 Å². The van der Waals surface area contributed by atoms with E-state index < -0.39 is 23.5 Å². The van der Waals surface area contributed by atoms with Crippen molar-refractivity contribution in [1.29, 1.82) is 0 Å². The van der Waals surface area contributed by atoms with Gasteiger partial charge in [0.15, 0.2) is 0 Å². The SMILES string of the molecule is CCc1ccc(I)cc1.FC(F)(F)c1cccc(C(F)(F)F)c1. The van der Waals surface area contributed by atoms with E-state index in [1.807, 2.05) is 0 Å². The van der Waals surface area contributed by atoms with Crippen molar-refractivity contribution in [3.8, 4) is 0 Å². The van der Waals surface area contributed by atoms with Gasteiger partial charge in [-0.1, -0.05) is 25.1 Å². The average molecular weight is 446 g/mol. The Morgan fingerprint density at radius 3 is 1.57 bits per heavy atom. The summed E-state index contributed by atoms with van der Waals surface area (Å²) >= 11 is 2.31. The van der Waals surface area contributed by atoms with Crippen LogP contribution in [0.15, 0.2) is 48.5 Å². The van der Waals surface area contributed by atoms with Crippen LogP contribution in [0.25, 0.3) is 0 Å². The molecule has 0 saturated heterocycles. The Labute approximate surface area is 143 Å². The van der Waals surface area contributed by atoms with Gasteiger partial charge in [0.1, 0.15) is 0 Å². The van der Waals surface area contributed by atoms with Gasteiger partial charge in [0.05, 0.1) is 11.1 Å². The third-order valence-electron chi connectivity index (χ3n) is 2.84. The fourth-order valence-electron chi connectivity index (χ4n) is 1.59. The number of hydrogen-bond donors (Lipinski definition) is 0. The molecule has 126 valence electrons. The molecule has 2 rings (SSSR count). The molecule has 0 amide bonds. The van der Waals surface area contributed by atoms with Crippen molar-refractivity contribution >= 4 is 22.6 Å². The van der Waals surface area contributed by atoms with Crippen LogP contribution in [0.1, 0.15) is 23.6 Å². The van der Waals surface area contributed by atoms with Crippen LogP contribution in [0, 0.1) is 3.57 Å². The minimum absolute atomic E-state index is 0.0833. The maximum Gasteiger partial charge on any atom is 0.416 e. The van der Waals surface area contributed by atoms with Crippen LogP contribution in [-0.2, 0) is 18.8 Å². The summed E-state index contributed by atoms with van der Waals surface area (Å²) in [6.07, 6.45) is -8.36. The van der Waals surface area contributed by atoms with E-state index in [1.165, 1.54) is 9.13 Å². The lowest BCUT2D eigenvalue weighted by molar-refractivity contribution is -0.143. The summed E-state index contributed by atoms with van der Waals surface area (Å²) in [4.78, 5) is 0. The summed E-state index contributed by atoms with van der Waals surface area (Å²) in [6, 6.07) is 10.6. The van der Waals surface area contributed by atoms with Crippen molar-refractivity contribution in [3.63, 3.8) is 0 Å². The minimum Gasteiger partial charge on any atom is -0.166 e. The smallest absolute Gasteiger partial charge is 0.166 e. The van der Waals surface area contributed by atoms with Gasteiger partial charge in [-0.15, -0.1) is 0 Å². The zero-order valence-corrected chi connectivity index (χ0v) is 14.1. The standard InChI is InChI=1S/C8H4F6.C8H9I/c9-7(10,11)5-2-1-3-6(4-5)8(12,13)14;1-2-7-3-5-8(9)6-4-7/h1-4H;3-6H,2H2,1H3. The van der Waals surface area contributed by atoms with Crippen molar-refractivity contribution in [3.05, 3.63) is 68.8 Å². The summed E-state index contributed by atoms with van der Waals surface area (Å²) in [5, 5.41) is 0. The second-order valence-electron chi connectivity index (χ2n) is 4.56. The normalized spacial score (nSPS) is 11.7. The third kappa shape index (κ3) is 6.80. The molecule has 0 aliphatic rings. The molecule has 2 aromatic rings. The van der Waals surface area contributed by atoms with E-state index in [0.29, 0.717) is 12.1 Å². The van der Waals surface area contributed by atoms with Gasteiger partial charge in [-0.05, 0) is 64.9 Å². The summed E-state index contributed by atoms with van der Waals surface area (Å²) in [5.41, 5.74) is -1.19. The minimum atomic E-state index is -4.75. The summed E-state index contributed by atoms with van der Waals surface area (Å²) < 4.78 is 73.2. The first-order chi connectivity index (χ1) is 10.5. The number of hydrogen-bond acceptors (Lipinski definition) is 0. The second kappa shape index (κ2) is 8.03. The molecule has 0 saturated carbocycles. The van der Waals surface area contributed by atoms with Crippen molar-refractivity contribution in [1.82, 2.24) is 0 Å². The van der Waals surface area contributed by atoms with Gasteiger partial charge in [-0.3, -0.25) is 0 Å². The van der Waals surface area contributed by atoms with Gasteiger partial charge in [0, 0.05) is 3.57 Å². The molecule has 0 heterocycles. The zero-order valence-electron chi connectivity index (χ0n) is 12.0. The van der Waals surface area contributed by atoms with E-state index in [-0.39, 0.29) is 6.07 Å². The lowest BCUT2D eigenvalue weighted by Gasteiger charge is -2.10. The van der Waals surface area contributed by atoms with Crippen LogP contribution in [-0.4, -0.2) is 0 Å². The lowest BCUT2D eigenvalue weighted by atomic mass is 10.1. The quantitative estimate of drug-likeness (QED) is 0.343. The molecule has 0 fully saturated rings. The first-order valence-corrected chi connectivity index (χ1v) is 7.61. The highest BCUT2D eigenvalue weighted by molar-refractivity contribution is 14.1. The Morgan fingerprint density at radius 2 is 1.22 bits per heavy atom. The Kier molecular flexibility index (Phi) is 6.91. The van der Waals surface area contributed by atoms with Crippen LogP contribution >= 0.6 is 22.6 Å². The molecule has 0 spiro atoms. The van der Waals surface area contributed by atoms with E-state index in [2.05, 4.69) is 53.8 Å². The molecule has 0 radical (unpaired) electrons. The molecule has 0 aliphatic heterocycles. The van der Waals surface area contributed by atoms with Crippen LogP contribution in [0.3, 0.4) is 0 Å². The number of benzene rings is 2. The number of alkyl halides is 6. The van der Waals surface area contributed by atoms with Crippen molar-refractivity contribution in [2.45, 2.75) is 25.7 Å². The molecule has 0 unspecified atom stereocenters. The molecular weight excluding hydrogens is 433 g/mol. The van der Waals surface area contributed by atoms with E-state index in [9.17, 15) is 26.3 Å². The van der Waals surface area contributed by atoms with Gasteiger partial charge in [-0.2, -0.15) is 26.3 Å². The Morgan fingerprint density at radius 1 is 0.783 bits per heavy atom. The maximum absolute atomic E-state index is 12.0. The van der Waals surface area contributed by atoms with Crippen molar-refractivity contribution < 1.29 is 26.3 Å². The van der Waals surface area contributed by atoms with Crippen LogP contribution in [0.4, 0.5) is 26.3 Å². The number of halogens is 7. The van der Waals surface area contributed by atoms with Gasteiger partial charge in [0.2, 0.25) is 0 Å². The largest absolute Gasteiger partial charge is 0.416 e. The average Bonchev–Trinajstić information content (AvgIpc) is 2.47. The molecule has 0 bridgehead atoms. The molecule has 0 N–H and O–H groups in total. The summed E-state index contributed by atoms with van der Waals surface area (Å²) in [5.74, 6) is 0. The number of rotatable bonds is 1. The van der Waals surface area contributed by atoms with Gasteiger partial charge < -0.3 is 0 Å². The highest BCUT2D eigenvalue weighted by Gasteiger charge is 2.35. The molecule has 0 nitrogen and oxygen atoms in total. The molecule has 0 aliphatic carbocycles. The van der Waals surface area contributed by atoms with Crippen molar-refractivity contribution in [2.75, 3.05) is 0 Å². The molecule has 7 heteroatoms. The fraction of sp³-hybridized carbons (Fsp3) is 0.250. The predicted octanol–water partition coefficient (Wildman–Crippen LogP) is 6.58. The Hall–Kier alpha value is -1.25. The molecule has 0 aromatic heterocycles. The summed E-state index contributed by atoms with van der Waals surface area (Å²) in [7, 11) is 0. The highest BCUT2D eigenvalue weighted by atomic mass is 127. The first-order valence-electron chi connectivity index (χ1n) is 6.53. The monoisotopic (exact) mass is 446 g/mol. The predicted molar refractivity (Wildman–Crippen MR) is 85.0 cm³/mol. The second-order valence-corrected chi connectivity index (χ2v) is 5.80. The summed E-state index contributed by atoms with van der Waals surface area (Å²) in [6.45, 7) is 2.17. The molecule has 2 aromatic carbocycles.